The van der Waals surface area contributed by atoms with Gasteiger partial charge in [-0.3, -0.25) is 0 Å². The second-order valence-corrected chi connectivity index (χ2v) is 2.57. The monoisotopic (exact) mass is 167 g/mol. The van der Waals surface area contributed by atoms with Crippen LogP contribution in [0.5, 0.6) is 0 Å². The largest absolute Gasteiger partial charge is 0.399 e. The van der Waals surface area contributed by atoms with Gasteiger partial charge in [0.2, 0.25) is 0 Å². The van der Waals surface area contributed by atoms with Crippen molar-refractivity contribution in [3.8, 4) is 0 Å². The topological polar surface area (TPSA) is 55.5 Å². The standard InChI is InChI=1S/C9H13NO2/c1-12-9(6-11)7-2-4-8(10)5-3-7/h2-5,9,11H,6,10H2,1H3/t9-/m1/s1. The second-order valence-electron chi connectivity index (χ2n) is 2.57. The van der Waals surface area contributed by atoms with Gasteiger partial charge in [0.1, 0.15) is 6.10 Å². The van der Waals surface area contributed by atoms with Crippen LogP contribution in [0.1, 0.15) is 11.7 Å². The van der Waals surface area contributed by atoms with Crippen molar-refractivity contribution in [1.29, 1.82) is 0 Å². The molecule has 0 radical (unpaired) electrons. The summed E-state index contributed by atoms with van der Waals surface area (Å²) in [6.45, 7) is -0.0135. The SMILES string of the molecule is CO[C@H](CO)c1ccc(N)cc1. The summed E-state index contributed by atoms with van der Waals surface area (Å²) in [5.74, 6) is 0. The van der Waals surface area contributed by atoms with E-state index in [4.69, 9.17) is 15.6 Å². The molecule has 0 saturated heterocycles. The number of nitrogens with two attached hydrogens (primary N) is 1. The van der Waals surface area contributed by atoms with Crippen LogP contribution in [-0.2, 0) is 4.74 Å². The van der Waals surface area contributed by atoms with Crippen molar-refractivity contribution in [3.63, 3.8) is 0 Å². The molecule has 3 heteroatoms. The highest BCUT2D eigenvalue weighted by Crippen LogP contribution is 2.16. The molecular weight excluding hydrogens is 154 g/mol. The van der Waals surface area contributed by atoms with E-state index in [0.717, 1.165) is 5.56 Å². The maximum atomic E-state index is 8.89. The second kappa shape index (κ2) is 4.09. The Labute approximate surface area is 71.8 Å². The third-order valence-electron chi connectivity index (χ3n) is 1.76. The van der Waals surface area contributed by atoms with Crippen LogP contribution in [0.3, 0.4) is 0 Å². The minimum atomic E-state index is -0.245. The third kappa shape index (κ3) is 1.96. The summed E-state index contributed by atoms with van der Waals surface area (Å²) in [6, 6.07) is 7.27. The number of hydrogen-bond donors (Lipinski definition) is 2. The van der Waals surface area contributed by atoms with Gasteiger partial charge in [-0.2, -0.15) is 0 Å². The highest BCUT2D eigenvalue weighted by atomic mass is 16.5. The van der Waals surface area contributed by atoms with Crippen molar-refractivity contribution in [2.45, 2.75) is 6.10 Å². The molecule has 3 N–H and O–H groups in total. The molecule has 1 aromatic carbocycles. The number of anilines is 1. The van der Waals surface area contributed by atoms with Gasteiger partial charge < -0.3 is 15.6 Å². The van der Waals surface area contributed by atoms with Crippen LogP contribution in [0.15, 0.2) is 24.3 Å². The molecule has 1 rings (SSSR count). The number of rotatable bonds is 3. The van der Waals surface area contributed by atoms with Crippen molar-refractivity contribution >= 4 is 5.69 Å². The molecule has 0 spiro atoms. The Hall–Kier alpha value is -1.06. The van der Waals surface area contributed by atoms with Gasteiger partial charge in [0, 0.05) is 12.8 Å². The lowest BCUT2D eigenvalue weighted by Crippen LogP contribution is -2.05. The summed E-state index contributed by atoms with van der Waals surface area (Å²) in [4.78, 5) is 0. The maximum Gasteiger partial charge on any atom is 0.105 e. The molecule has 0 aliphatic rings. The number of benzene rings is 1. The zero-order valence-corrected chi connectivity index (χ0v) is 7.03. The van der Waals surface area contributed by atoms with Gasteiger partial charge >= 0.3 is 0 Å². The van der Waals surface area contributed by atoms with E-state index in [0.29, 0.717) is 5.69 Å². The molecule has 1 atom stereocenters. The van der Waals surface area contributed by atoms with E-state index in [-0.39, 0.29) is 12.7 Å². The van der Waals surface area contributed by atoms with Gasteiger partial charge in [0.15, 0.2) is 0 Å². The lowest BCUT2D eigenvalue weighted by Gasteiger charge is -2.12. The number of methoxy groups -OCH3 is 1. The van der Waals surface area contributed by atoms with Crippen molar-refractivity contribution in [2.75, 3.05) is 19.5 Å². The normalized spacial score (nSPS) is 12.8. The highest BCUT2D eigenvalue weighted by molar-refractivity contribution is 5.39. The molecule has 0 amide bonds. The molecule has 0 bridgehead atoms. The molecule has 0 unspecified atom stereocenters. The van der Waals surface area contributed by atoms with Crippen LogP contribution in [0.25, 0.3) is 0 Å². The lowest BCUT2D eigenvalue weighted by atomic mass is 10.1. The quantitative estimate of drug-likeness (QED) is 0.659. The summed E-state index contributed by atoms with van der Waals surface area (Å²) in [6.07, 6.45) is -0.245. The Bertz CT molecular complexity index is 229. The van der Waals surface area contributed by atoms with Crippen LogP contribution >= 0.6 is 0 Å². The molecule has 3 nitrogen and oxygen atoms in total. The smallest absolute Gasteiger partial charge is 0.105 e. The summed E-state index contributed by atoms with van der Waals surface area (Å²) < 4.78 is 5.03. The minimum Gasteiger partial charge on any atom is -0.399 e. The summed E-state index contributed by atoms with van der Waals surface area (Å²) in [7, 11) is 1.57. The number of aliphatic hydroxyl groups is 1. The van der Waals surface area contributed by atoms with Crippen LogP contribution in [0.4, 0.5) is 5.69 Å². The maximum absolute atomic E-state index is 8.89. The third-order valence-corrected chi connectivity index (χ3v) is 1.76. The zero-order valence-electron chi connectivity index (χ0n) is 7.03. The molecular formula is C9H13NO2. The van der Waals surface area contributed by atoms with Crippen LogP contribution in [-0.4, -0.2) is 18.8 Å². The lowest BCUT2D eigenvalue weighted by molar-refractivity contribution is 0.0484. The van der Waals surface area contributed by atoms with Gasteiger partial charge in [0.25, 0.3) is 0 Å². The van der Waals surface area contributed by atoms with Crippen molar-refractivity contribution in [2.24, 2.45) is 0 Å². The first-order valence-electron chi connectivity index (χ1n) is 3.77. The fraction of sp³-hybridized carbons (Fsp3) is 0.333. The first-order chi connectivity index (χ1) is 5.77. The van der Waals surface area contributed by atoms with Crippen LogP contribution in [0, 0.1) is 0 Å². The average molecular weight is 167 g/mol. The van der Waals surface area contributed by atoms with Gasteiger partial charge in [-0.1, -0.05) is 12.1 Å². The number of ether oxygens (including phenoxy) is 1. The average Bonchev–Trinajstić information content (AvgIpc) is 2.10. The van der Waals surface area contributed by atoms with E-state index in [1.165, 1.54) is 0 Å². The fourth-order valence-electron chi connectivity index (χ4n) is 1.03. The molecule has 0 heterocycles. The Kier molecular flexibility index (Phi) is 3.08. The van der Waals surface area contributed by atoms with E-state index < -0.39 is 0 Å². The van der Waals surface area contributed by atoms with E-state index in [9.17, 15) is 0 Å². The molecule has 0 aromatic heterocycles. The summed E-state index contributed by atoms with van der Waals surface area (Å²) >= 11 is 0. The fourth-order valence-corrected chi connectivity index (χ4v) is 1.03. The molecule has 0 aliphatic heterocycles. The Morgan fingerprint density at radius 2 is 2.00 bits per heavy atom. The zero-order chi connectivity index (χ0) is 8.97. The summed E-state index contributed by atoms with van der Waals surface area (Å²) in [5, 5.41) is 8.89. The van der Waals surface area contributed by atoms with E-state index in [1.54, 1.807) is 19.2 Å². The highest BCUT2D eigenvalue weighted by Gasteiger charge is 2.07. The minimum absolute atomic E-state index is 0.0135. The van der Waals surface area contributed by atoms with E-state index in [2.05, 4.69) is 0 Å². The van der Waals surface area contributed by atoms with Crippen LogP contribution < -0.4 is 5.73 Å². The number of nitrogen functional groups attached to an aromatic ring is 1. The predicted octanol–water partition coefficient (Wildman–Crippen LogP) is 0.949. The first kappa shape index (κ1) is 9.03. The summed E-state index contributed by atoms with van der Waals surface area (Å²) in [5.41, 5.74) is 7.16. The Morgan fingerprint density at radius 1 is 1.42 bits per heavy atom. The van der Waals surface area contributed by atoms with Gasteiger partial charge in [0.05, 0.1) is 6.61 Å². The van der Waals surface area contributed by atoms with E-state index in [1.807, 2.05) is 12.1 Å². The molecule has 66 valence electrons. The number of aliphatic hydroxyl groups excluding tert-OH is 1. The van der Waals surface area contributed by atoms with Crippen molar-refractivity contribution in [3.05, 3.63) is 29.8 Å². The molecule has 0 aliphatic carbocycles. The predicted molar refractivity (Wildman–Crippen MR) is 47.7 cm³/mol. The molecule has 0 fully saturated rings. The first-order valence-corrected chi connectivity index (χ1v) is 3.77. The van der Waals surface area contributed by atoms with Gasteiger partial charge in [-0.05, 0) is 17.7 Å². The molecule has 12 heavy (non-hydrogen) atoms. The molecule has 0 saturated carbocycles. The van der Waals surface area contributed by atoms with Gasteiger partial charge in [-0.15, -0.1) is 0 Å². The van der Waals surface area contributed by atoms with Crippen LogP contribution in [0.2, 0.25) is 0 Å². The Morgan fingerprint density at radius 3 is 2.42 bits per heavy atom. The van der Waals surface area contributed by atoms with E-state index >= 15 is 0 Å². The molecule has 1 aromatic rings. The van der Waals surface area contributed by atoms with Crippen molar-refractivity contribution < 1.29 is 9.84 Å². The Balaban J connectivity index is 2.80. The number of hydrogen-bond acceptors (Lipinski definition) is 3. The van der Waals surface area contributed by atoms with Crippen molar-refractivity contribution in [1.82, 2.24) is 0 Å². The van der Waals surface area contributed by atoms with Gasteiger partial charge in [-0.25, -0.2) is 0 Å².